The van der Waals surface area contributed by atoms with Gasteiger partial charge in [0.15, 0.2) is 5.43 Å². The standard InChI is InChI=1S/C17H10ClNO4/c18-9-4-5-12-11(7-9)15(21)13-14(19-17(22)16(13)23-12)8-2-1-3-10(20)6-8/h1-7,14,20H,(H,19,22). The molecule has 5 nitrogen and oxygen atoms in total. The average Bonchev–Trinajstić information content (AvgIpc) is 2.86. The van der Waals surface area contributed by atoms with Gasteiger partial charge in [-0.05, 0) is 35.9 Å². The van der Waals surface area contributed by atoms with Crippen LogP contribution in [-0.2, 0) is 0 Å². The van der Waals surface area contributed by atoms with Crippen molar-refractivity contribution >= 4 is 28.5 Å². The molecule has 0 bridgehead atoms. The lowest BCUT2D eigenvalue weighted by Crippen LogP contribution is -2.21. The van der Waals surface area contributed by atoms with Gasteiger partial charge in [-0.25, -0.2) is 0 Å². The Morgan fingerprint density at radius 2 is 1.96 bits per heavy atom. The van der Waals surface area contributed by atoms with Crippen LogP contribution < -0.4 is 10.7 Å². The van der Waals surface area contributed by atoms with Crippen molar-refractivity contribution in [3.63, 3.8) is 0 Å². The van der Waals surface area contributed by atoms with Gasteiger partial charge in [0.25, 0.3) is 5.91 Å². The smallest absolute Gasteiger partial charge is 0.288 e. The molecule has 2 N–H and O–H groups in total. The minimum Gasteiger partial charge on any atom is -0.508 e. The highest BCUT2D eigenvalue weighted by atomic mass is 35.5. The number of carbonyl (C=O) groups excluding carboxylic acids is 1. The first-order valence-electron chi connectivity index (χ1n) is 6.90. The van der Waals surface area contributed by atoms with E-state index in [1.807, 2.05) is 0 Å². The third-order valence-corrected chi connectivity index (χ3v) is 4.10. The van der Waals surface area contributed by atoms with E-state index >= 15 is 0 Å². The molecule has 23 heavy (non-hydrogen) atoms. The van der Waals surface area contributed by atoms with Gasteiger partial charge in [-0.1, -0.05) is 23.7 Å². The fourth-order valence-corrected chi connectivity index (χ4v) is 3.01. The van der Waals surface area contributed by atoms with Gasteiger partial charge in [-0.3, -0.25) is 9.59 Å². The van der Waals surface area contributed by atoms with Gasteiger partial charge in [0.2, 0.25) is 5.76 Å². The van der Waals surface area contributed by atoms with E-state index in [1.165, 1.54) is 18.2 Å². The molecular weight excluding hydrogens is 318 g/mol. The first kappa shape index (κ1) is 13.8. The molecule has 1 aliphatic heterocycles. The molecule has 0 radical (unpaired) electrons. The first-order chi connectivity index (χ1) is 11.0. The average molecular weight is 328 g/mol. The van der Waals surface area contributed by atoms with Gasteiger partial charge in [0.05, 0.1) is 17.0 Å². The summed E-state index contributed by atoms with van der Waals surface area (Å²) in [5, 5.41) is 13.1. The van der Waals surface area contributed by atoms with E-state index in [2.05, 4.69) is 5.32 Å². The number of halogens is 1. The molecule has 2 heterocycles. The van der Waals surface area contributed by atoms with Gasteiger partial charge >= 0.3 is 0 Å². The van der Waals surface area contributed by atoms with Gasteiger partial charge in [0, 0.05) is 5.02 Å². The van der Waals surface area contributed by atoms with Crippen molar-refractivity contribution in [3.05, 3.63) is 74.6 Å². The number of rotatable bonds is 1. The highest BCUT2D eigenvalue weighted by molar-refractivity contribution is 6.31. The molecule has 2 aromatic carbocycles. The van der Waals surface area contributed by atoms with Crippen LogP contribution in [0.4, 0.5) is 0 Å². The number of hydrogen-bond acceptors (Lipinski definition) is 4. The summed E-state index contributed by atoms with van der Waals surface area (Å²) in [5.41, 5.74) is 0.835. The van der Waals surface area contributed by atoms with E-state index in [1.54, 1.807) is 24.3 Å². The quantitative estimate of drug-likeness (QED) is 0.720. The second-order valence-corrected chi connectivity index (χ2v) is 5.75. The number of hydrogen-bond donors (Lipinski definition) is 2. The highest BCUT2D eigenvalue weighted by Gasteiger charge is 2.35. The second-order valence-electron chi connectivity index (χ2n) is 5.32. The van der Waals surface area contributed by atoms with Crippen molar-refractivity contribution in [1.29, 1.82) is 0 Å². The third kappa shape index (κ3) is 2.09. The summed E-state index contributed by atoms with van der Waals surface area (Å²) < 4.78 is 5.60. The van der Waals surface area contributed by atoms with Gasteiger partial charge in [-0.2, -0.15) is 0 Å². The number of carbonyl (C=O) groups is 1. The van der Waals surface area contributed by atoms with E-state index in [0.717, 1.165) is 0 Å². The maximum atomic E-state index is 12.8. The molecule has 0 saturated heterocycles. The molecule has 3 aromatic rings. The van der Waals surface area contributed by atoms with Crippen molar-refractivity contribution in [3.8, 4) is 5.75 Å². The van der Waals surface area contributed by atoms with Crippen LogP contribution in [0.2, 0.25) is 5.02 Å². The topological polar surface area (TPSA) is 79.5 Å². The molecule has 114 valence electrons. The van der Waals surface area contributed by atoms with Crippen LogP contribution in [0, 0.1) is 0 Å². The van der Waals surface area contributed by atoms with Crippen LogP contribution in [-0.4, -0.2) is 11.0 Å². The van der Waals surface area contributed by atoms with Gasteiger partial charge in [0.1, 0.15) is 11.3 Å². The summed E-state index contributed by atoms with van der Waals surface area (Å²) in [5.74, 6) is -0.404. The molecule has 1 unspecified atom stereocenters. The molecule has 6 heteroatoms. The normalized spacial score (nSPS) is 16.4. The van der Waals surface area contributed by atoms with Crippen LogP contribution >= 0.6 is 11.6 Å². The summed E-state index contributed by atoms with van der Waals surface area (Å²) in [6, 6.07) is 10.4. The number of amides is 1. The first-order valence-corrected chi connectivity index (χ1v) is 7.28. The molecule has 4 rings (SSSR count). The van der Waals surface area contributed by atoms with Crippen LogP contribution in [0.25, 0.3) is 11.0 Å². The van der Waals surface area contributed by atoms with E-state index in [9.17, 15) is 14.7 Å². The molecule has 0 spiro atoms. The van der Waals surface area contributed by atoms with Crippen molar-refractivity contribution in [2.45, 2.75) is 6.04 Å². The van der Waals surface area contributed by atoms with Crippen LogP contribution in [0.5, 0.6) is 5.75 Å². The van der Waals surface area contributed by atoms with Gasteiger partial charge in [-0.15, -0.1) is 0 Å². The van der Waals surface area contributed by atoms with Crippen molar-refractivity contribution in [1.82, 2.24) is 5.32 Å². The zero-order valence-electron chi connectivity index (χ0n) is 11.7. The lowest BCUT2D eigenvalue weighted by atomic mass is 9.99. The van der Waals surface area contributed by atoms with Gasteiger partial charge < -0.3 is 14.8 Å². The fourth-order valence-electron chi connectivity index (χ4n) is 2.84. The summed E-state index contributed by atoms with van der Waals surface area (Å²) in [6.07, 6.45) is 0. The number of benzene rings is 2. The number of aromatic hydroxyl groups is 1. The number of fused-ring (bicyclic) bond motifs is 2. The Morgan fingerprint density at radius 3 is 2.74 bits per heavy atom. The number of nitrogens with one attached hydrogen (secondary N) is 1. The summed E-state index contributed by atoms with van der Waals surface area (Å²) in [6.45, 7) is 0. The Labute approximate surface area is 135 Å². The van der Waals surface area contributed by atoms with Crippen molar-refractivity contribution in [2.24, 2.45) is 0 Å². The SMILES string of the molecule is O=C1NC(c2cccc(O)c2)c2c1oc1ccc(Cl)cc1c2=O. The monoisotopic (exact) mass is 327 g/mol. The van der Waals surface area contributed by atoms with E-state index in [-0.39, 0.29) is 22.5 Å². The molecule has 1 amide bonds. The van der Waals surface area contributed by atoms with Crippen LogP contribution in [0.3, 0.4) is 0 Å². The molecule has 0 saturated carbocycles. The van der Waals surface area contributed by atoms with Crippen molar-refractivity contribution in [2.75, 3.05) is 0 Å². The third-order valence-electron chi connectivity index (χ3n) is 3.86. The number of phenolic OH excluding ortho intramolecular Hbond substituents is 1. The highest BCUT2D eigenvalue weighted by Crippen LogP contribution is 2.32. The molecular formula is C17H10ClNO4. The molecule has 0 fully saturated rings. The predicted octanol–water partition coefficient (Wildman–Crippen LogP) is 2.98. The summed E-state index contributed by atoms with van der Waals surface area (Å²) >= 11 is 5.95. The minimum absolute atomic E-state index is 0.00170. The Hall–Kier alpha value is -2.79. The number of phenols is 1. The van der Waals surface area contributed by atoms with E-state index in [4.69, 9.17) is 16.0 Å². The zero-order chi connectivity index (χ0) is 16.1. The Bertz CT molecular complexity index is 1020. The van der Waals surface area contributed by atoms with Crippen molar-refractivity contribution < 1.29 is 14.3 Å². The molecule has 0 aliphatic carbocycles. The second kappa shape index (κ2) is 4.86. The fraction of sp³-hybridized carbons (Fsp3) is 0.0588. The molecule has 1 aromatic heterocycles. The molecule has 1 atom stereocenters. The van der Waals surface area contributed by atoms with E-state index in [0.29, 0.717) is 21.6 Å². The van der Waals surface area contributed by atoms with Crippen LogP contribution in [0.1, 0.15) is 27.7 Å². The van der Waals surface area contributed by atoms with Crippen LogP contribution in [0.15, 0.2) is 51.7 Å². The maximum absolute atomic E-state index is 12.8. The predicted molar refractivity (Wildman–Crippen MR) is 84.9 cm³/mol. The zero-order valence-corrected chi connectivity index (χ0v) is 12.4. The van der Waals surface area contributed by atoms with E-state index < -0.39 is 11.9 Å². The Kier molecular flexibility index (Phi) is 2.92. The maximum Gasteiger partial charge on any atom is 0.288 e. The molecule has 1 aliphatic rings. The largest absolute Gasteiger partial charge is 0.508 e. The Morgan fingerprint density at radius 1 is 1.13 bits per heavy atom. The summed E-state index contributed by atoms with van der Waals surface area (Å²) in [4.78, 5) is 25.0. The lowest BCUT2D eigenvalue weighted by Gasteiger charge is -2.11. The Balaban J connectivity index is 2.01. The summed E-state index contributed by atoms with van der Waals surface area (Å²) in [7, 11) is 0. The minimum atomic E-state index is -0.663. The lowest BCUT2D eigenvalue weighted by molar-refractivity contribution is 0.0938.